The Morgan fingerprint density at radius 3 is 2.45 bits per heavy atom. The van der Waals surface area contributed by atoms with Crippen molar-refractivity contribution in [2.45, 2.75) is 53.6 Å². The summed E-state index contributed by atoms with van der Waals surface area (Å²) in [6, 6.07) is 0.237. The molecule has 0 saturated carbocycles. The highest BCUT2D eigenvalue weighted by Crippen LogP contribution is 2.21. The summed E-state index contributed by atoms with van der Waals surface area (Å²) in [4.78, 5) is 0. The van der Waals surface area contributed by atoms with E-state index in [-0.39, 0.29) is 17.5 Å². The lowest BCUT2D eigenvalue weighted by atomic mass is 10.1. The zero-order valence-electron chi connectivity index (χ0n) is 13.2. The smallest absolute Gasteiger partial charge is 0.152 e. The summed E-state index contributed by atoms with van der Waals surface area (Å²) in [6.07, 6.45) is 0.669. The highest BCUT2D eigenvalue weighted by atomic mass is 32.2. The fourth-order valence-electron chi connectivity index (χ4n) is 2.60. The van der Waals surface area contributed by atoms with Gasteiger partial charge in [0.15, 0.2) is 9.84 Å². The maximum Gasteiger partial charge on any atom is 0.152 e. The van der Waals surface area contributed by atoms with E-state index >= 15 is 0 Å². The van der Waals surface area contributed by atoms with Crippen molar-refractivity contribution in [1.29, 1.82) is 0 Å². The minimum Gasteiger partial charge on any atom is -0.310 e. The summed E-state index contributed by atoms with van der Waals surface area (Å²) < 4.78 is 25.4. The number of hydrogen-bond acceptors (Lipinski definition) is 4. The molecule has 1 aromatic heterocycles. The predicted octanol–water partition coefficient (Wildman–Crippen LogP) is 2.00. The number of nitrogens with one attached hydrogen (secondary N) is 1. The monoisotopic (exact) mass is 301 g/mol. The first-order valence-corrected chi connectivity index (χ1v) is 9.12. The molecule has 1 heterocycles. The Bertz CT molecular complexity index is 535. The van der Waals surface area contributed by atoms with Crippen molar-refractivity contribution in [1.82, 2.24) is 15.1 Å². The van der Waals surface area contributed by atoms with Gasteiger partial charge in [-0.15, -0.1) is 0 Å². The number of nitrogens with zero attached hydrogens (tertiary/aromatic N) is 2. The lowest BCUT2D eigenvalue weighted by molar-refractivity contribution is 0.571. The summed E-state index contributed by atoms with van der Waals surface area (Å²) in [5.74, 6) is 0.421. The largest absolute Gasteiger partial charge is 0.310 e. The predicted molar refractivity (Wildman–Crippen MR) is 82.7 cm³/mol. The Balaban J connectivity index is 2.86. The highest BCUT2D eigenvalue weighted by molar-refractivity contribution is 7.91. The summed E-state index contributed by atoms with van der Waals surface area (Å²) >= 11 is 0. The summed E-state index contributed by atoms with van der Waals surface area (Å²) in [5, 5.41) is 7.87. The molecule has 0 spiro atoms. The lowest BCUT2D eigenvalue weighted by Gasteiger charge is -2.13. The van der Waals surface area contributed by atoms with E-state index in [9.17, 15) is 8.42 Å². The average molecular weight is 301 g/mol. The van der Waals surface area contributed by atoms with Gasteiger partial charge < -0.3 is 5.32 Å². The molecule has 116 valence electrons. The Labute approximate surface area is 122 Å². The van der Waals surface area contributed by atoms with E-state index in [1.165, 1.54) is 5.56 Å². The molecule has 1 aromatic rings. The molecular formula is C14H27N3O2S. The van der Waals surface area contributed by atoms with Gasteiger partial charge in [0, 0.05) is 23.1 Å². The first-order chi connectivity index (χ1) is 9.32. The minimum atomic E-state index is -2.96. The normalized spacial score (nSPS) is 13.7. The first-order valence-electron chi connectivity index (χ1n) is 7.30. The van der Waals surface area contributed by atoms with E-state index in [2.05, 4.69) is 24.3 Å². The third kappa shape index (κ3) is 4.31. The van der Waals surface area contributed by atoms with E-state index < -0.39 is 9.84 Å². The second-order valence-corrected chi connectivity index (χ2v) is 7.54. The molecule has 0 saturated heterocycles. The molecule has 0 aliphatic heterocycles. The van der Waals surface area contributed by atoms with Crippen LogP contribution >= 0.6 is 0 Å². The van der Waals surface area contributed by atoms with Crippen molar-refractivity contribution in [2.24, 2.45) is 0 Å². The van der Waals surface area contributed by atoms with Crippen LogP contribution in [0, 0.1) is 13.8 Å². The Morgan fingerprint density at radius 1 is 1.25 bits per heavy atom. The standard InChI is InChI=1S/C14H27N3O2S/c1-6-9-20(18,19)10-8-17-13(5)14(12(4)16-17)11(3)15-7-2/h11,15H,6-10H2,1-5H3. The molecule has 0 aromatic carbocycles. The van der Waals surface area contributed by atoms with E-state index in [1.807, 2.05) is 25.5 Å². The Morgan fingerprint density at radius 2 is 1.90 bits per heavy atom. The molecule has 0 radical (unpaired) electrons. The third-order valence-corrected chi connectivity index (χ3v) is 5.34. The molecule has 0 fully saturated rings. The Kier molecular flexibility index (Phi) is 6.20. The number of aromatic nitrogens is 2. The molecule has 20 heavy (non-hydrogen) atoms. The van der Waals surface area contributed by atoms with Crippen LogP contribution in [0.15, 0.2) is 0 Å². The van der Waals surface area contributed by atoms with Gasteiger partial charge in [-0.05, 0) is 33.7 Å². The van der Waals surface area contributed by atoms with Crippen LogP contribution in [0.1, 0.15) is 50.2 Å². The van der Waals surface area contributed by atoms with Crippen LogP contribution in [0.3, 0.4) is 0 Å². The average Bonchev–Trinajstić information content (AvgIpc) is 2.62. The molecule has 1 rings (SSSR count). The van der Waals surface area contributed by atoms with Gasteiger partial charge in [-0.3, -0.25) is 4.68 Å². The zero-order chi connectivity index (χ0) is 15.3. The van der Waals surface area contributed by atoms with Crippen molar-refractivity contribution in [2.75, 3.05) is 18.1 Å². The van der Waals surface area contributed by atoms with Gasteiger partial charge in [-0.1, -0.05) is 13.8 Å². The van der Waals surface area contributed by atoms with Crippen molar-refractivity contribution < 1.29 is 8.42 Å². The van der Waals surface area contributed by atoms with Crippen LogP contribution in [0.4, 0.5) is 0 Å². The molecule has 5 nitrogen and oxygen atoms in total. The molecule has 6 heteroatoms. The number of aryl methyl sites for hydroxylation is 2. The fourth-order valence-corrected chi connectivity index (χ4v) is 3.88. The van der Waals surface area contributed by atoms with Crippen molar-refractivity contribution in [3.8, 4) is 0 Å². The first kappa shape index (κ1) is 17.2. The molecule has 0 bridgehead atoms. The van der Waals surface area contributed by atoms with Crippen molar-refractivity contribution >= 4 is 9.84 Å². The fraction of sp³-hybridized carbons (Fsp3) is 0.786. The minimum absolute atomic E-state index is 0.165. The van der Waals surface area contributed by atoms with Crippen LogP contribution in [0.5, 0.6) is 0 Å². The van der Waals surface area contributed by atoms with Crippen molar-refractivity contribution in [3.05, 3.63) is 17.0 Å². The van der Waals surface area contributed by atoms with E-state index in [4.69, 9.17) is 0 Å². The van der Waals surface area contributed by atoms with Gasteiger partial charge in [0.1, 0.15) is 0 Å². The van der Waals surface area contributed by atoms with Crippen LogP contribution in [-0.4, -0.2) is 36.2 Å². The van der Waals surface area contributed by atoms with Gasteiger partial charge in [-0.2, -0.15) is 5.10 Å². The molecular weight excluding hydrogens is 274 g/mol. The van der Waals surface area contributed by atoms with E-state index in [0.717, 1.165) is 17.9 Å². The van der Waals surface area contributed by atoms with Gasteiger partial charge in [0.25, 0.3) is 0 Å². The van der Waals surface area contributed by atoms with Crippen LogP contribution in [-0.2, 0) is 16.4 Å². The maximum absolute atomic E-state index is 11.8. The topological polar surface area (TPSA) is 64.0 Å². The van der Waals surface area contributed by atoms with Crippen LogP contribution < -0.4 is 5.32 Å². The summed E-state index contributed by atoms with van der Waals surface area (Å²) in [7, 11) is -2.96. The summed E-state index contributed by atoms with van der Waals surface area (Å²) in [5.41, 5.74) is 3.21. The second-order valence-electron chi connectivity index (χ2n) is 5.24. The van der Waals surface area contributed by atoms with Gasteiger partial charge in [-0.25, -0.2) is 8.42 Å². The summed E-state index contributed by atoms with van der Waals surface area (Å²) in [6.45, 7) is 11.4. The molecule has 1 unspecified atom stereocenters. The third-order valence-electron chi connectivity index (χ3n) is 3.51. The number of sulfone groups is 1. The molecule has 1 atom stereocenters. The maximum atomic E-state index is 11.8. The van der Waals surface area contributed by atoms with Crippen molar-refractivity contribution in [3.63, 3.8) is 0 Å². The SMILES string of the molecule is CCCS(=O)(=O)CCn1nc(C)c(C(C)NCC)c1C. The van der Waals surface area contributed by atoms with Crippen LogP contribution in [0.2, 0.25) is 0 Å². The number of hydrogen-bond donors (Lipinski definition) is 1. The van der Waals surface area contributed by atoms with Crippen LogP contribution in [0.25, 0.3) is 0 Å². The zero-order valence-corrected chi connectivity index (χ0v) is 14.0. The highest BCUT2D eigenvalue weighted by Gasteiger charge is 2.18. The second kappa shape index (κ2) is 7.22. The molecule has 0 aliphatic rings. The molecule has 0 aliphatic carbocycles. The van der Waals surface area contributed by atoms with E-state index in [1.54, 1.807) is 0 Å². The molecule has 1 N–H and O–H groups in total. The van der Waals surface area contributed by atoms with Gasteiger partial charge in [0.05, 0.1) is 18.0 Å². The quantitative estimate of drug-likeness (QED) is 0.797. The Hall–Kier alpha value is -0.880. The van der Waals surface area contributed by atoms with Gasteiger partial charge >= 0.3 is 0 Å². The lowest BCUT2D eigenvalue weighted by Crippen LogP contribution is -2.20. The number of rotatable bonds is 8. The molecule has 0 amide bonds. The van der Waals surface area contributed by atoms with Gasteiger partial charge in [0.2, 0.25) is 0 Å². The van der Waals surface area contributed by atoms with E-state index in [0.29, 0.717) is 13.0 Å².